The van der Waals surface area contributed by atoms with Gasteiger partial charge in [-0.1, -0.05) is 23.4 Å². The van der Waals surface area contributed by atoms with Crippen molar-refractivity contribution < 1.29 is 5.11 Å². The number of para-hydroxylation sites is 1. The topological polar surface area (TPSA) is 86.8 Å². The highest BCUT2D eigenvalue weighted by Crippen LogP contribution is 2.20. The Bertz CT molecular complexity index is 602. The number of benzene rings is 1. The largest absolute Gasteiger partial charge is 0.396 e. The van der Waals surface area contributed by atoms with Crippen LogP contribution in [-0.4, -0.2) is 26.7 Å². The molecule has 0 aliphatic carbocycles. The maximum absolute atomic E-state index is 9.29. The summed E-state index contributed by atoms with van der Waals surface area (Å²) in [6, 6.07) is 9.42. The van der Waals surface area contributed by atoms with E-state index in [1.54, 1.807) is 10.9 Å². The van der Waals surface area contributed by atoms with E-state index in [2.05, 4.69) is 21.7 Å². The number of anilines is 1. The van der Waals surface area contributed by atoms with Gasteiger partial charge in [0.2, 0.25) is 0 Å². The van der Waals surface area contributed by atoms with Gasteiger partial charge in [-0.05, 0) is 25.0 Å². The Balaban J connectivity index is 2.11. The molecule has 0 fully saturated rings. The molecular weight excluding hydrogens is 254 g/mol. The Labute approximate surface area is 117 Å². The number of rotatable bonds is 6. The van der Waals surface area contributed by atoms with Gasteiger partial charge in [-0.2, -0.15) is 5.26 Å². The van der Waals surface area contributed by atoms with Crippen molar-refractivity contribution in [3.8, 4) is 6.07 Å². The molecule has 1 atom stereocenters. The molecule has 0 spiro atoms. The van der Waals surface area contributed by atoms with Crippen LogP contribution in [0.15, 0.2) is 30.5 Å². The highest BCUT2D eigenvalue weighted by Gasteiger charge is 2.15. The quantitative estimate of drug-likeness (QED) is 0.834. The lowest BCUT2D eigenvalue weighted by molar-refractivity contribution is 0.276. The lowest BCUT2D eigenvalue weighted by Crippen LogP contribution is -2.10. The number of aliphatic hydroxyl groups is 1. The number of nitrogens with one attached hydrogen (secondary N) is 1. The van der Waals surface area contributed by atoms with Gasteiger partial charge in [0.15, 0.2) is 6.04 Å². The van der Waals surface area contributed by atoms with E-state index in [9.17, 15) is 5.26 Å². The van der Waals surface area contributed by atoms with E-state index in [1.165, 1.54) is 0 Å². The lowest BCUT2D eigenvalue weighted by atomic mass is 10.1. The summed E-state index contributed by atoms with van der Waals surface area (Å²) in [4.78, 5) is 0. The van der Waals surface area contributed by atoms with Crippen molar-refractivity contribution in [2.45, 2.75) is 25.9 Å². The van der Waals surface area contributed by atoms with Crippen LogP contribution in [0.2, 0.25) is 0 Å². The molecule has 1 aromatic carbocycles. The molecule has 1 unspecified atom stereocenters. The summed E-state index contributed by atoms with van der Waals surface area (Å²) < 4.78 is 1.63. The van der Waals surface area contributed by atoms with E-state index in [-0.39, 0.29) is 6.61 Å². The molecule has 2 N–H and O–H groups in total. The molecule has 1 aromatic heterocycles. The van der Waals surface area contributed by atoms with Gasteiger partial charge in [-0.15, -0.1) is 5.10 Å². The molecule has 0 radical (unpaired) electrons. The molecule has 0 saturated carbocycles. The van der Waals surface area contributed by atoms with Gasteiger partial charge in [-0.25, -0.2) is 0 Å². The zero-order chi connectivity index (χ0) is 14.4. The Kier molecular flexibility index (Phi) is 4.69. The predicted molar refractivity (Wildman–Crippen MR) is 74.9 cm³/mol. The fraction of sp³-hybridized carbons (Fsp3) is 0.357. The average Bonchev–Trinajstić information content (AvgIpc) is 2.93. The first-order valence-corrected chi connectivity index (χ1v) is 6.47. The van der Waals surface area contributed by atoms with E-state index in [1.807, 2.05) is 31.2 Å². The van der Waals surface area contributed by atoms with Gasteiger partial charge >= 0.3 is 0 Å². The minimum atomic E-state index is -0.543. The molecule has 2 rings (SSSR count). The SMILES string of the molecule is Cc1ccccc1NC(C#N)c1cn(CCCO)nn1. The number of aliphatic hydroxyl groups excluding tert-OH is 1. The molecule has 0 amide bonds. The van der Waals surface area contributed by atoms with Gasteiger partial charge in [0.05, 0.1) is 12.3 Å². The third kappa shape index (κ3) is 3.33. The molecule has 0 saturated heterocycles. The van der Waals surface area contributed by atoms with Gasteiger partial charge < -0.3 is 10.4 Å². The second kappa shape index (κ2) is 6.68. The number of hydrogen-bond donors (Lipinski definition) is 2. The van der Waals surface area contributed by atoms with Crippen molar-refractivity contribution in [1.82, 2.24) is 15.0 Å². The predicted octanol–water partition coefficient (Wildman–Crippen LogP) is 1.65. The third-order valence-corrected chi connectivity index (χ3v) is 2.97. The molecule has 1 heterocycles. The zero-order valence-electron chi connectivity index (χ0n) is 11.3. The summed E-state index contributed by atoms with van der Waals surface area (Å²) in [6.07, 6.45) is 2.35. The molecule has 0 bridgehead atoms. The van der Waals surface area contributed by atoms with Crippen LogP contribution in [0.1, 0.15) is 23.7 Å². The number of nitriles is 1. The van der Waals surface area contributed by atoms with Crippen molar-refractivity contribution in [2.75, 3.05) is 11.9 Å². The number of hydrogen-bond acceptors (Lipinski definition) is 5. The van der Waals surface area contributed by atoms with Crippen LogP contribution in [0.25, 0.3) is 0 Å². The molecule has 6 heteroatoms. The fourth-order valence-corrected chi connectivity index (χ4v) is 1.85. The maximum Gasteiger partial charge on any atom is 0.160 e. The molecule has 104 valence electrons. The van der Waals surface area contributed by atoms with Crippen molar-refractivity contribution >= 4 is 5.69 Å². The van der Waals surface area contributed by atoms with Crippen molar-refractivity contribution in [3.05, 3.63) is 41.7 Å². The highest BCUT2D eigenvalue weighted by molar-refractivity contribution is 5.52. The normalized spacial score (nSPS) is 11.8. The Hall–Kier alpha value is -2.39. The minimum Gasteiger partial charge on any atom is -0.396 e. The summed E-state index contributed by atoms with van der Waals surface area (Å²) in [5.41, 5.74) is 2.55. The van der Waals surface area contributed by atoms with Gasteiger partial charge in [-0.3, -0.25) is 4.68 Å². The summed E-state index contributed by atoms with van der Waals surface area (Å²) in [6.45, 7) is 2.68. The summed E-state index contributed by atoms with van der Waals surface area (Å²) in [5, 5.41) is 29.2. The second-order valence-electron chi connectivity index (χ2n) is 4.51. The molecule has 20 heavy (non-hydrogen) atoms. The van der Waals surface area contributed by atoms with E-state index < -0.39 is 6.04 Å². The highest BCUT2D eigenvalue weighted by atomic mass is 16.3. The van der Waals surface area contributed by atoms with Crippen LogP contribution < -0.4 is 5.32 Å². The van der Waals surface area contributed by atoms with Crippen molar-refractivity contribution in [1.29, 1.82) is 5.26 Å². The first-order valence-electron chi connectivity index (χ1n) is 6.47. The van der Waals surface area contributed by atoms with Gasteiger partial charge in [0.1, 0.15) is 5.69 Å². The minimum absolute atomic E-state index is 0.109. The van der Waals surface area contributed by atoms with Crippen LogP contribution in [0, 0.1) is 18.3 Å². The maximum atomic E-state index is 9.29. The van der Waals surface area contributed by atoms with Crippen molar-refractivity contribution in [3.63, 3.8) is 0 Å². The average molecular weight is 271 g/mol. The Morgan fingerprint density at radius 2 is 2.25 bits per heavy atom. The lowest BCUT2D eigenvalue weighted by Gasteiger charge is -2.12. The second-order valence-corrected chi connectivity index (χ2v) is 4.51. The summed E-state index contributed by atoms with van der Waals surface area (Å²) >= 11 is 0. The smallest absolute Gasteiger partial charge is 0.160 e. The van der Waals surface area contributed by atoms with E-state index in [4.69, 9.17) is 5.11 Å². The van der Waals surface area contributed by atoms with Gasteiger partial charge in [0, 0.05) is 18.8 Å². The van der Waals surface area contributed by atoms with Gasteiger partial charge in [0.25, 0.3) is 0 Å². The molecule has 0 aliphatic rings. The number of aryl methyl sites for hydroxylation is 2. The molecule has 2 aromatic rings. The standard InChI is InChI=1S/C14H17N5O/c1-11-5-2-3-6-12(11)16-13(9-15)14-10-19(18-17-14)7-4-8-20/h2-3,5-6,10,13,16,20H,4,7-8H2,1H3. The van der Waals surface area contributed by atoms with E-state index >= 15 is 0 Å². The number of nitrogens with zero attached hydrogens (tertiary/aromatic N) is 4. The van der Waals surface area contributed by atoms with Crippen LogP contribution in [0.5, 0.6) is 0 Å². The Morgan fingerprint density at radius 1 is 1.45 bits per heavy atom. The molecule has 6 nitrogen and oxygen atoms in total. The van der Waals surface area contributed by atoms with Crippen LogP contribution in [0.4, 0.5) is 5.69 Å². The monoisotopic (exact) mass is 271 g/mol. The summed E-state index contributed by atoms with van der Waals surface area (Å²) in [5.74, 6) is 0. The summed E-state index contributed by atoms with van der Waals surface area (Å²) in [7, 11) is 0. The molecular formula is C14H17N5O. The Morgan fingerprint density at radius 3 is 2.95 bits per heavy atom. The van der Waals surface area contributed by atoms with Crippen LogP contribution >= 0.6 is 0 Å². The zero-order valence-corrected chi connectivity index (χ0v) is 11.3. The third-order valence-electron chi connectivity index (χ3n) is 2.97. The van der Waals surface area contributed by atoms with E-state index in [0.717, 1.165) is 11.3 Å². The first kappa shape index (κ1) is 14.0. The van der Waals surface area contributed by atoms with Crippen LogP contribution in [-0.2, 0) is 6.54 Å². The van der Waals surface area contributed by atoms with Crippen LogP contribution in [0.3, 0.4) is 0 Å². The van der Waals surface area contributed by atoms with Crippen molar-refractivity contribution in [2.24, 2.45) is 0 Å². The molecule has 0 aliphatic heterocycles. The van der Waals surface area contributed by atoms with E-state index in [0.29, 0.717) is 18.7 Å². The number of aromatic nitrogens is 3. The first-order chi connectivity index (χ1) is 9.74. The fourth-order valence-electron chi connectivity index (χ4n) is 1.85.